The topological polar surface area (TPSA) is 51.3 Å². The lowest BCUT2D eigenvalue weighted by molar-refractivity contribution is 0.101. The van der Waals surface area contributed by atoms with E-state index in [2.05, 4.69) is 4.98 Å². The number of aromatic amines is 1. The van der Waals surface area contributed by atoms with Crippen LogP contribution in [0.25, 0.3) is 17.0 Å². The Bertz CT molecular complexity index is 1300. The first-order valence-corrected chi connectivity index (χ1v) is 10.1. The molecule has 1 aliphatic rings. The summed E-state index contributed by atoms with van der Waals surface area (Å²) in [7, 11) is 0. The molecule has 0 atom stereocenters. The van der Waals surface area contributed by atoms with Gasteiger partial charge in [0.1, 0.15) is 18.1 Å². The summed E-state index contributed by atoms with van der Waals surface area (Å²) in [5, 5.41) is 2.11. The van der Waals surface area contributed by atoms with Crippen LogP contribution in [0.5, 0.6) is 11.5 Å². The number of para-hydroxylation sites is 1. The van der Waals surface area contributed by atoms with Gasteiger partial charge in [0.15, 0.2) is 5.76 Å². The Kier molecular flexibility index (Phi) is 4.74. The fourth-order valence-corrected chi connectivity index (χ4v) is 3.94. The zero-order valence-corrected chi connectivity index (χ0v) is 17.1. The van der Waals surface area contributed by atoms with Crippen molar-refractivity contribution in [2.24, 2.45) is 0 Å². The molecule has 3 aromatic carbocycles. The van der Waals surface area contributed by atoms with Gasteiger partial charge in [-0.25, -0.2) is 0 Å². The van der Waals surface area contributed by atoms with Crippen LogP contribution in [0.4, 0.5) is 0 Å². The van der Waals surface area contributed by atoms with E-state index in [1.807, 2.05) is 30.5 Å². The van der Waals surface area contributed by atoms with Gasteiger partial charge in [-0.3, -0.25) is 4.79 Å². The minimum atomic E-state index is -0.157. The van der Waals surface area contributed by atoms with Crippen molar-refractivity contribution in [1.29, 1.82) is 0 Å². The van der Waals surface area contributed by atoms with E-state index in [0.717, 1.165) is 16.5 Å². The number of ketones is 1. The second kappa shape index (κ2) is 7.56. The Morgan fingerprint density at radius 1 is 1.00 bits per heavy atom. The number of allylic oxidation sites excluding steroid dienone is 1. The van der Waals surface area contributed by atoms with Crippen LogP contribution >= 0.6 is 23.2 Å². The van der Waals surface area contributed by atoms with Crippen LogP contribution in [0.2, 0.25) is 10.0 Å². The Morgan fingerprint density at radius 2 is 1.80 bits per heavy atom. The molecule has 1 aromatic heterocycles. The number of halogens is 2. The Hall–Kier alpha value is -3.21. The maximum Gasteiger partial charge on any atom is 0.231 e. The van der Waals surface area contributed by atoms with Gasteiger partial charge in [0, 0.05) is 44.3 Å². The lowest BCUT2D eigenvalue weighted by atomic mass is 10.1. The molecular formula is C24H15Cl2NO3. The summed E-state index contributed by atoms with van der Waals surface area (Å²) in [5.74, 6) is 1.15. The average Bonchev–Trinajstić information content (AvgIpc) is 3.29. The highest BCUT2D eigenvalue weighted by atomic mass is 35.5. The van der Waals surface area contributed by atoms with Gasteiger partial charge in [0.25, 0.3) is 0 Å². The van der Waals surface area contributed by atoms with Crippen molar-refractivity contribution >= 4 is 46.0 Å². The van der Waals surface area contributed by atoms with Crippen molar-refractivity contribution in [1.82, 2.24) is 4.98 Å². The summed E-state index contributed by atoms with van der Waals surface area (Å²) < 4.78 is 11.7. The highest BCUT2D eigenvalue weighted by Crippen LogP contribution is 2.36. The summed E-state index contributed by atoms with van der Waals surface area (Å²) in [6.45, 7) is 0.212. The highest BCUT2D eigenvalue weighted by Gasteiger charge is 2.28. The predicted molar refractivity (Wildman–Crippen MR) is 118 cm³/mol. The van der Waals surface area contributed by atoms with E-state index >= 15 is 0 Å². The number of aromatic nitrogens is 1. The van der Waals surface area contributed by atoms with E-state index in [1.165, 1.54) is 0 Å². The predicted octanol–water partition coefficient (Wildman–Crippen LogP) is 6.67. The lowest BCUT2D eigenvalue weighted by Gasteiger charge is -2.10. The van der Waals surface area contributed by atoms with E-state index in [4.69, 9.17) is 32.7 Å². The standard InChI is InChI=1S/C24H15Cl2NO3/c25-19-5-3-6-20(26)18(19)13-29-15-8-9-17-22(11-15)30-23(24(17)28)10-14-12-27-21-7-2-1-4-16(14)21/h1-12,27H,13H2. The number of fused-ring (bicyclic) bond motifs is 2. The number of hydrogen-bond donors (Lipinski definition) is 1. The van der Waals surface area contributed by atoms with Gasteiger partial charge in [-0.05, 0) is 36.4 Å². The molecular weight excluding hydrogens is 421 g/mol. The fraction of sp³-hybridized carbons (Fsp3) is 0.0417. The van der Waals surface area contributed by atoms with E-state index in [9.17, 15) is 4.79 Å². The minimum absolute atomic E-state index is 0.157. The molecule has 148 valence electrons. The molecule has 0 amide bonds. The van der Waals surface area contributed by atoms with Gasteiger partial charge in [-0.2, -0.15) is 0 Å². The SMILES string of the molecule is O=C1C(=Cc2c[nH]c3ccccc23)Oc2cc(OCc3c(Cl)cccc3Cl)ccc21. The molecule has 1 aliphatic heterocycles. The van der Waals surface area contributed by atoms with Crippen LogP contribution in [-0.4, -0.2) is 10.8 Å². The minimum Gasteiger partial charge on any atom is -0.489 e. The zero-order chi connectivity index (χ0) is 20.7. The summed E-state index contributed by atoms with van der Waals surface area (Å²) in [6.07, 6.45) is 3.62. The molecule has 30 heavy (non-hydrogen) atoms. The molecule has 0 radical (unpaired) electrons. The summed E-state index contributed by atoms with van der Waals surface area (Å²) in [4.78, 5) is 16.0. The quantitative estimate of drug-likeness (QED) is 0.364. The first-order valence-electron chi connectivity index (χ1n) is 9.30. The lowest BCUT2D eigenvalue weighted by Crippen LogP contribution is -1.98. The van der Waals surface area contributed by atoms with E-state index < -0.39 is 0 Å². The number of carbonyl (C=O) groups is 1. The number of Topliss-reactive ketones (excluding diaryl/α,β-unsaturated/α-hetero) is 1. The van der Waals surface area contributed by atoms with Gasteiger partial charge < -0.3 is 14.5 Å². The van der Waals surface area contributed by atoms with Crippen LogP contribution in [0, 0.1) is 0 Å². The maximum absolute atomic E-state index is 12.8. The Balaban J connectivity index is 1.39. The normalized spacial score (nSPS) is 14.2. The van der Waals surface area contributed by atoms with Gasteiger partial charge >= 0.3 is 0 Å². The molecule has 0 bridgehead atoms. The van der Waals surface area contributed by atoms with E-state index in [1.54, 1.807) is 42.5 Å². The van der Waals surface area contributed by atoms with Crippen molar-refractivity contribution < 1.29 is 14.3 Å². The van der Waals surface area contributed by atoms with Gasteiger partial charge in [0.05, 0.1) is 5.56 Å². The van der Waals surface area contributed by atoms with Gasteiger partial charge in [-0.15, -0.1) is 0 Å². The number of benzene rings is 3. The number of nitrogens with one attached hydrogen (secondary N) is 1. The van der Waals surface area contributed by atoms with Gasteiger partial charge in [0.2, 0.25) is 5.78 Å². The molecule has 0 saturated heterocycles. The van der Waals surface area contributed by atoms with Crippen molar-refractivity contribution in [3.8, 4) is 11.5 Å². The molecule has 5 rings (SSSR count). The Labute approximate surface area is 182 Å². The first-order chi connectivity index (χ1) is 14.6. The van der Waals surface area contributed by atoms with Crippen LogP contribution < -0.4 is 9.47 Å². The fourth-order valence-electron chi connectivity index (χ4n) is 3.44. The van der Waals surface area contributed by atoms with Crippen LogP contribution in [-0.2, 0) is 6.61 Å². The largest absolute Gasteiger partial charge is 0.489 e. The van der Waals surface area contributed by atoms with E-state index in [-0.39, 0.29) is 18.1 Å². The molecule has 4 aromatic rings. The molecule has 6 heteroatoms. The smallest absolute Gasteiger partial charge is 0.231 e. The number of ether oxygens (including phenoxy) is 2. The molecule has 0 spiro atoms. The second-order valence-electron chi connectivity index (χ2n) is 6.88. The molecule has 0 saturated carbocycles. The third-order valence-electron chi connectivity index (χ3n) is 4.99. The van der Waals surface area contributed by atoms with Crippen molar-refractivity contribution in [3.05, 3.63) is 99.4 Å². The summed E-state index contributed by atoms with van der Waals surface area (Å²) >= 11 is 12.4. The monoisotopic (exact) mass is 435 g/mol. The molecule has 4 nitrogen and oxygen atoms in total. The third-order valence-corrected chi connectivity index (χ3v) is 5.70. The molecule has 0 fully saturated rings. The van der Waals surface area contributed by atoms with E-state index in [0.29, 0.717) is 32.7 Å². The van der Waals surface area contributed by atoms with Crippen LogP contribution in [0.15, 0.2) is 72.6 Å². The van der Waals surface area contributed by atoms with Gasteiger partial charge in [-0.1, -0.05) is 47.5 Å². The van der Waals surface area contributed by atoms with Crippen molar-refractivity contribution in [2.45, 2.75) is 6.61 Å². The number of H-pyrrole nitrogens is 1. The Morgan fingerprint density at radius 3 is 2.63 bits per heavy atom. The summed E-state index contributed by atoms with van der Waals surface area (Å²) in [5.41, 5.74) is 3.11. The average molecular weight is 436 g/mol. The van der Waals surface area contributed by atoms with Crippen molar-refractivity contribution in [3.63, 3.8) is 0 Å². The molecule has 0 aliphatic carbocycles. The third kappa shape index (κ3) is 3.34. The number of carbonyl (C=O) groups excluding carboxylic acids is 1. The van der Waals surface area contributed by atoms with Crippen LogP contribution in [0.1, 0.15) is 21.5 Å². The number of hydrogen-bond acceptors (Lipinski definition) is 3. The first kappa shape index (κ1) is 18.8. The molecule has 0 unspecified atom stereocenters. The van der Waals surface area contributed by atoms with Crippen LogP contribution in [0.3, 0.4) is 0 Å². The highest BCUT2D eigenvalue weighted by molar-refractivity contribution is 6.35. The molecule has 2 heterocycles. The summed E-state index contributed by atoms with van der Waals surface area (Å²) in [6, 6.07) is 18.3. The zero-order valence-electron chi connectivity index (χ0n) is 15.6. The number of rotatable bonds is 4. The second-order valence-corrected chi connectivity index (χ2v) is 7.69. The maximum atomic E-state index is 12.8. The van der Waals surface area contributed by atoms with Crippen molar-refractivity contribution in [2.75, 3.05) is 0 Å². The molecule has 1 N–H and O–H groups in total.